The van der Waals surface area contributed by atoms with E-state index in [0.717, 1.165) is 17.8 Å². The average Bonchev–Trinajstić information content (AvgIpc) is 3.02. The number of thioether (sulfide) groups is 1. The van der Waals surface area contributed by atoms with Crippen LogP contribution < -0.4 is 10.6 Å². The van der Waals surface area contributed by atoms with Crippen molar-refractivity contribution in [3.8, 4) is 0 Å². The molecule has 6 heteroatoms. The Morgan fingerprint density at radius 2 is 2.04 bits per heavy atom. The lowest BCUT2D eigenvalue weighted by Gasteiger charge is -2.17. The lowest BCUT2D eigenvalue weighted by molar-refractivity contribution is 0.184. The lowest BCUT2D eigenvalue weighted by atomic mass is 10.1. The summed E-state index contributed by atoms with van der Waals surface area (Å²) in [5.74, 6) is 0.923. The molecule has 0 bridgehead atoms. The third kappa shape index (κ3) is 6.80. The number of methoxy groups -OCH3 is 1. The van der Waals surface area contributed by atoms with E-state index >= 15 is 0 Å². The van der Waals surface area contributed by atoms with Crippen molar-refractivity contribution in [2.24, 2.45) is 4.99 Å². The minimum atomic E-state index is 0. The normalized spacial score (nSPS) is 20.5. The van der Waals surface area contributed by atoms with Crippen molar-refractivity contribution < 1.29 is 4.74 Å². The third-order valence-corrected chi connectivity index (χ3v) is 5.32. The molecule has 0 spiro atoms. The zero-order chi connectivity index (χ0) is 16.5. The summed E-state index contributed by atoms with van der Waals surface area (Å²) in [6.07, 6.45) is 5.97. The predicted molar refractivity (Wildman–Crippen MR) is 115 cm³/mol. The van der Waals surface area contributed by atoms with Gasteiger partial charge in [-0.25, -0.2) is 4.99 Å². The van der Waals surface area contributed by atoms with Crippen LogP contribution >= 0.6 is 35.7 Å². The van der Waals surface area contributed by atoms with Gasteiger partial charge in [0.2, 0.25) is 0 Å². The highest BCUT2D eigenvalue weighted by Gasteiger charge is 2.24. The Kier molecular flexibility index (Phi) is 10.8. The molecule has 0 radical (unpaired) electrons. The first-order chi connectivity index (χ1) is 11.3. The third-order valence-electron chi connectivity index (χ3n) is 4.23. The number of halogens is 1. The summed E-state index contributed by atoms with van der Waals surface area (Å²) < 4.78 is 5.27. The zero-order valence-corrected chi connectivity index (χ0v) is 18.0. The van der Waals surface area contributed by atoms with Crippen LogP contribution in [0.4, 0.5) is 0 Å². The summed E-state index contributed by atoms with van der Waals surface area (Å²) >= 11 is 1.98. The Bertz CT molecular complexity index is 513. The van der Waals surface area contributed by atoms with Crippen LogP contribution in [0.2, 0.25) is 0 Å². The van der Waals surface area contributed by atoms with Gasteiger partial charge in [-0.2, -0.15) is 11.8 Å². The maximum Gasteiger partial charge on any atom is 0.191 e. The minimum Gasteiger partial charge on any atom is -0.380 e. The molecule has 24 heavy (non-hydrogen) atoms. The van der Waals surface area contributed by atoms with Gasteiger partial charge < -0.3 is 15.4 Å². The number of guanidine groups is 1. The molecule has 2 unspecified atom stereocenters. The van der Waals surface area contributed by atoms with Gasteiger partial charge in [0.25, 0.3) is 0 Å². The first kappa shape index (κ1) is 21.6. The smallest absolute Gasteiger partial charge is 0.191 e. The van der Waals surface area contributed by atoms with Crippen LogP contribution in [0, 0.1) is 0 Å². The van der Waals surface area contributed by atoms with Crippen molar-refractivity contribution in [3.05, 3.63) is 35.4 Å². The van der Waals surface area contributed by atoms with Crippen molar-refractivity contribution in [2.45, 2.75) is 50.6 Å². The largest absolute Gasteiger partial charge is 0.380 e. The van der Waals surface area contributed by atoms with Crippen molar-refractivity contribution >= 4 is 41.7 Å². The average molecular weight is 463 g/mol. The molecule has 1 aromatic rings. The van der Waals surface area contributed by atoms with Crippen LogP contribution in [0.1, 0.15) is 37.3 Å². The van der Waals surface area contributed by atoms with E-state index in [0.29, 0.717) is 19.2 Å². The number of hydrogen-bond acceptors (Lipinski definition) is 3. The number of benzene rings is 1. The molecule has 0 aromatic heterocycles. The molecule has 1 aliphatic carbocycles. The molecular weight excluding hydrogens is 433 g/mol. The van der Waals surface area contributed by atoms with Crippen molar-refractivity contribution in [2.75, 3.05) is 19.9 Å². The fourth-order valence-electron chi connectivity index (χ4n) is 2.97. The van der Waals surface area contributed by atoms with Gasteiger partial charge in [0.05, 0.1) is 13.2 Å². The van der Waals surface area contributed by atoms with Crippen molar-refractivity contribution in [1.29, 1.82) is 0 Å². The van der Waals surface area contributed by atoms with Crippen LogP contribution in [0.3, 0.4) is 0 Å². The summed E-state index contributed by atoms with van der Waals surface area (Å²) in [5.41, 5.74) is 2.43. The molecule has 2 rings (SSSR count). The van der Waals surface area contributed by atoms with Gasteiger partial charge in [-0.05, 0) is 43.6 Å². The van der Waals surface area contributed by atoms with Gasteiger partial charge in [0.1, 0.15) is 0 Å². The fourth-order valence-corrected chi connectivity index (χ4v) is 3.77. The summed E-state index contributed by atoms with van der Waals surface area (Å²) in [7, 11) is 1.73. The van der Waals surface area contributed by atoms with E-state index in [1.165, 1.54) is 30.4 Å². The summed E-state index contributed by atoms with van der Waals surface area (Å²) in [4.78, 5) is 4.77. The molecule has 2 atom stereocenters. The summed E-state index contributed by atoms with van der Waals surface area (Å²) in [6.45, 7) is 4.29. The molecule has 1 fully saturated rings. The fraction of sp³-hybridized carbons (Fsp3) is 0.611. The number of hydrogen-bond donors (Lipinski definition) is 2. The molecule has 0 heterocycles. The van der Waals surface area contributed by atoms with Crippen LogP contribution in [0.15, 0.2) is 29.3 Å². The van der Waals surface area contributed by atoms with Crippen LogP contribution in [-0.4, -0.2) is 37.2 Å². The number of nitrogens with zero attached hydrogens (tertiary/aromatic N) is 1. The molecule has 1 aliphatic rings. The topological polar surface area (TPSA) is 45.7 Å². The first-order valence-corrected chi connectivity index (χ1v) is 9.69. The minimum absolute atomic E-state index is 0. The second kappa shape index (κ2) is 12.0. The number of nitrogens with one attached hydrogen (secondary N) is 2. The van der Waals surface area contributed by atoms with Gasteiger partial charge in [0.15, 0.2) is 5.96 Å². The highest BCUT2D eigenvalue weighted by molar-refractivity contribution is 14.0. The van der Waals surface area contributed by atoms with Gasteiger partial charge in [0, 0.05) is 24.9 Å². The van der Waals surface area contributed by atoms with E-state index in [-0.39, 0.29) is 24.0 Å². The van der Waals surface area contributed by atoms with E-state index < -0.39 is 0 Å². The molecular formula is C18H30IN3OS. The van der Waals surface area contributed by atoms with Gasteiger partial charge in [-0.3, -0.25) is 0 Å². The van der Waals surface area contributed by atoms with Gasteiger partial charge >= 0.3 is 0 Å². The highest BCUT2D eigenvalue weighted by Crippen LogP contribution is 2.28. The Balaban J connectivity index is 0.00000288. The maximum atomic E-state index is 5.27. The number of ether oxygens (including phenoxy) is 1. The highest BCUT2D eigenvalue weighted by atomic mass is 127. The van der Waals surface area contributed by atoms with Gasteiger partial charge in [-0.15, -0.1) is 24.0 Å². The second-order valence-electron chi connectivity index (χ2n) is 5.91. The van der Waals surface area contributed by atoms with Crippen molar-refractivity contribution in [1.82, 2.24) is 10.6 Å². The quantitative estimate of drug-likeness (QED) is 0.367. The Morgan fingerprint density at radius 3 is 2.67 bits per heavy atom. The van der Waals surface area contributed by atoms with E-state index in [9.17, 15) is 0 Å². The maximum absolute atomic E-state index is 5.27. The van der Waals surface area contributed by atoms with E-state index in [1.807, 2.05) is 17.8 Å². The molecule has 0 saturated heterocycles. The SMILES string of the molecule is CCNC(=NCc1ccccc1COC)NC1CCC(SC)C1.I. The van der Waals surface area contributed by atoms with E-state index in [4.69, 9.17) is 9.73 Å². The molecule has 136 valence electrons. The Hall–Kier alpha value is -0.470. The van der Waals surface area contributed by atoms with Crippen LogP contribution in [0.5, 0.6) is 0 Å². The zero-order valence-electron chi connectivity index (χ0n) is 14.9. The van der Waals surface area contributed by atoms with E-state index in [2.05, 4.69) is 42.0 Å². The predicted octanol–water partition coefficient (Wildman–Crippen LogP) is 3.79. The molecule has 0 aliphatic heterocycles. The number of aliphatic imine (C=N–C) groups is 1. The lowest BCUT2D eigenvalue weighted by Crippen LogP contribution is -2.42. The monoisotopic (exact) mass is 463 g/mol. The van der Waals surface area contributed by atoms with Gasteiger partial charge in [-0.1, -0.05) is 24.3 Å². The van der Waals surface area contributed by atoms with Crippen LogP contribution in [-0.2, 0) is 17.9 Å². The summed E-state index contributed by atoms with van der Waals surface area (Å²) in [6, 6.07) is 8.88. The van der Waals surface area contributed by atoms with Crippen LogP contribution in [0.25, 0.3) is 0 Å². The number of rotatable bonds is 7. The first-order valence-electron chi connectivity index (χ1n) is 8.40. The Labute approximate surface area is 167 Å². The molecule has 1 aromatic carbocycles. The van der Waals surface area contributed by atoms with Crippen molar-refractivity contribution in [3.63, 3.8) is 0 Å². The second-order valence-corrected chi connectivity index (χ2v) is 7.05. The Morgan fingerprint density at radius 1 is 1.29 bits per heavy atom. The molecule has 1 saturated carbocycles. The molecule has 2 N–H and O–H groups in total. The van der Waals surface area contributed by atoms with E-state index in [1.54, 1.807) is 7.11 Å². The standard InChI is InChI=1S/C18H29N3OS.HI/c1-4-19-18(21-16-9-10-17(11-16)23-3)20-12-14-7-5-6-8-15(14)13-22-2;/h5-8,16-17H,4,9-13H2,1-3H3,(H2,19,20,21);1H. The molecule has 0 amide bonds. The summed E-state index contributed by atoms with van der Waals surface area (Å²) in [5, 5.41) is 7.75. The molecule has 4 nitrogen and oxygen atoms in total.